The van der Waals surface area contributed by atoms with Crippen molar-refractivity contribution in [3.63, 3.8) is 0 Å². The fourth-order valence-electron chi connectivity index (χ4n) is 2.95. The van der Waals surface area contributed by atoms with Crippen LogP contribution in [0.15, 0.2) is 36.4 Å². The SMILES string of the molecule is CCc1ccc(CC(NN)C2OCCc3ccccc32)s1. The largest absolute Gasteiger partial charge is 0.371 e. The van der Waals surface area contributed by atoms with Gasteiger partial charge < -0.3 is 4.74 Å². The number of nitrogens with two attached hydrogens (primary N) is 1. The lowest BCUT2D eigenvalue weighted by Gasteiger charge is -2.32. The Morgan fingerprint density at radius 1 is 1.29 bits per heavy atom. The number of hydrogen-bond donors (Lipinski definition) is 2. The summed E-state index contributed by atoms with van der Waals surface area (Å²) in [5.74, 6) is 5.82. The van der Waals surface area contributed by atoms with Crippen molar-refractivity contribution in [1.82, 2.24) is 5.43 Å². The third kappa shape index (κ3) is 3.19. The number of rotatable bonds is 5. The zero-order valence-corrected chi connectivity index (χ0v) is 13.2. The van der Waals surface area contributed by atoms with Gasteiger partial charge in [-0.05, 0) is 36.1 Å². The molecule has 2 unspecified atom stereocenters. The fourth-order valence-corrected chi connectivity index (χ4v) is 3.97. The Morgan fingerprint density at radius 2 is 2.10 bits per heavy atom. The van der Waals surface area contributed by atoms with Gasteiger partial charge in [-0.2, -0.15) is 0 Å². The molecule has 3 rings (SSSR count). The first kappa shape index (κ1) is 14.7. The Labute approximate surface area is 130 Å². The van der Waals surface area contributed by atoms with Crippen LogP contribution < -0.4 is 11.3 Å². The molecule has 2 heterocycles. The number of ether oxygens (including phenoxy) is 1. The average Bonchev–Trinajstić information content (AvgIpc) is 3.00. The van der Waals surface area contributed by atoms with E-state index >= 15 is 0 Å². The zero-order valence-electron chi connectivity index (χ0n) is 12.3. The van der Waals surface area contributed by atoms with Crippen molar-refractivity contribution in [2.24, 2.45) is 5.84 Å². The van der Waals surface area contributed by atoms with Crippen molar-refractivity contribution in [1.29, 1.82) is 0 Å². The van der Waals surface area contributed by atoms with E-state index in [-0.39, 0.29) is 12.1 Å². The summed E-state index contributed by atoms with van der Waals surface area (Å²) in [7, 11) is 0. The lowest BCUT2D eigenvalue weighted by atomic mass is 9.92. The highest BCUT2D eigenvalue weighted by Gasteiger charge is 2.28. The minimum absolute atomic E-state index is 0.0344. The molecule has 0 saturated carbocycles. The summed E-state index contributed by atoms with van der Waals surface area (Å²) >= 11 is 1.87. The van der Waals surface area contributed by atoms with Gasteiger partial charge in [0, 0.05) is 16.2 Å². The van der Waals surface area contributed by atoms with Crippen molar-refractivity contribution in [2.75, 3.05) is 6.61 Å². The molecule has 1 aromatic heterocycles. The summed E-state index contributed by atoms with van der Waals surface area (Å²) in [5.41, 5.74) is 5.63. The molecule has 1 aliphatic rings. The molecule has 4 heteroatoms. The van der Waals surface area contributed by atoms with Crippen LogP contribution in [0.25, 0.3) is 0 Å². The molecule has 0 radical (unpaired) electrons. The number of nitrogens with one attached hydrogen (secondary N) is 1. The van der Waals surface area contributed by atoms with Crippen molar-refractivity contribution in [2.45, 2.75) is 38.3 Å². The van der Waals surface area contributed by atoms with Crippen LogP contribution in [0, 0.1) is 0 Å². The first-order chi connectivity index (χ1) is 10.3. The van der Waals surface area contributed by atoms with Gasteiger partial charge in [0.25, 0.3) is 0 Å². The van der Waals surface area contributed by atoms with Crippen molar-refractivity contribution in [3.05, 3.63) is 57.3 Å². The number of thiophene rings is 1. The van der Waals surface area contributed by atoms with Gasteiger partial charge in [-0.3, -0.25) is 11.3 Å². The predicted octanol–water partition coefficient (Wildman–Crippen LogP) is 3.00. The number of hydrazine groups is 1. The van der Waals surface area contributed by atoms with Crippen LogP contribution in [0.1, 0.15) is 33.9 Å². The van der Waals surface area contributed by atoms with E-state index in [9.17, 15) is 0 Å². The molecule has 1 aliphatic heterocycles. The van der Waals surface area contributed by atoms with E-state index in [0.29, 0.717) is 0 Å². The lowest BCUT2D eigenvalue weighted by Crippen LogP contribution is -2.43. The molecule has 1 aromatic carbocycles. The Kier molecular flexibility index (Phi) is 4.70. The van der Waals surface area contributed by atoms with E-state index in [4.69, 9.17) is 10.6 Å². The first-order valence-electron chi connectivity index (χ1n) is 7.55. The van der Waals surface area contributed by atoms with Crippen molar-refractivity contribution < 1.29 is 4.74 Å². The van der Waals surface area contributed by atoms with Gasteiger partial charge in [-0.1, -0.05) is 31.2 Å². The van der Waals surface area contributed by atoms with E-state index < -0.39 is 0 Å². The minimum atomic E-state index is 0.0344. The monoisotopic (exact) mass is 302 g/mol. The topological polar surface area (TPSA) is 47.3 Å². The molecule has 2 aromatic rings. The first-order valence-corrected chi connectivity index (χ1v) is 8.36. The van der Waals surface area contributed by atoms with Crippen LogP contribution >= 0.6 is 11.3 Å². The van der Waals surface area contributed by atoms with Crippen molar-refractivity contribution >= 4 is 11.3 Å². The average molecular weight is 302 g/mol. The highest BCUT2D eigenvalue weighted by molar-refractivity contribution is 7.11. The smallest absolute Gasteiger partial charge is 0.0997 e. The Bertz CT molecular complexity index is 596. The van der Waals surface area contributed by atoms with Crippen LogP contribution in [0.4, 0.5) is 0 Å². The highest BCUT2D eigenvalue weighted by atomic mass is 32.1. The van der Waals surface area contributed by atoms with Crippen LogP contribution in [0.2, 0.25) is 0 Å². The molecular formula is C17H22N2OS. The molecule has 0 amide bonds. The summed E-state index contributed by atoms with van der Waals surface area (Å²) in [4.78, 5) is 2.78. The second kappa shape index (κ2) is 6.71. The van der Waals surface area contributed by atoms with Crippen LogP contribution in [-0.2, 0) is 24.0 Å². The molecule has 112 valence electrons. The maximum Gasteiger partial charge on any atom is 0.0997 e. The second-order valence-corrected chi connectivity index (χ2v) is 6.69. The van der Waals surface area contributed by atoms with Crippen molar-refractivity contribution in [3.8, 4) is 0 Å². The minimum Gasteiger partial charge on any atom is -0.371 e. The summed E-state index contributed by atoms with van der Waals surface area (Å²) < 4.78 is 6.02. The van der Waals surface area contributed by atoms with Crippen LogP contribution in [-0.4, -0.2) is 12.6 Å². The quantitative estimate of drug-likeness (QED) is 0.659. The molecular weight excluding hydrogens is 280 g/mol. The summed E-state index contributed by atoms with van der Waals surface area (Å²) in [6.07, 6.45) is 3.02. The van der Waals surface area contributed by atoms with Gasteiger partial charge in [0.1, 0.15) is 0 Å². The molecule has 0 bridgehead atoms. The van der Waals surface area contributed by atoms with Gasteiger partial charge >= 0.3 is 0 Å². The number of fused-ring (bicyclic) bond motifs is 1. The second-order valence-electron chi connectivity index (χ2n) is 5.44. The van der Waals surface area contributed by atoms with Gasteiger partial charge in [0.15, 0.2) is 0 Å². The van der Waals surface area contributed by atoms with E-state index in [1.807, 2.05) is 11.3 Å². The van der Waals surface area contributed by atoms with E-state index in [0.717, 1.165) is 25.9 Å². The Balaban J connectivity index is 1.80. The summed E-state index contributed by atoms with van der Waals surface area (Å²) in [6.45, 7) is 2.96. The third-order valence-corrected chi connectivity index (χ3v) is 5.35. The number of benzene rings is 1. The van der Waals surface area contributed by atoms with Gasteiger partial charge in [-0.25, -0.2) is 0 Å². The Hall–Kier alpha value is -1.20. The molecule has 2 atom stereocenters. The highest BCUT2D eigenvalue weighted by Crippen LogP contribution is 2.31. The maximum atomic E-state index is 6.02. The zero-order chi connectivity index (χ0) is 14.7. The fraction of sp³-hybridized carbons (Fsp3) is 0.412. The predicted molar refractivity (Wildman–Crippen MR) is 87.4 cm³/mol. The summed E-state index contributed by atoms with van der Waals surface area (Å²) in [5, 5.41) is 0. The van der Waals surface area contributed by atoms with Crippen LogP contribution in [0.5, 0.6) is 0 Å². The van der Waals surface area contributed by atoms with Gasteiger partial charge in [0.2, 0.25) is 0 Å². The molecule has 0 fully saturated rings. The molecule has 3 nitrogen and oxygen atoms in total. The molecule has 0 saturated heterocycles. The molecule has 21 heavy (non-hydrogen) atoms. The summed E-state index contributed by atoms with van der Waals surface area (Å²) in [6, 6.07) is 13.1. The standard InChI is InChI=1S/C17H22N2OS/c1-2-13-7-8-14(21-13)11-16(19-18)17-15-6-4-3-5-12(15)9-10-20-17/h3-8,16-17,19H,2,9-11,18H2,1H3. The molecule has 0 aliphatic carbocycles. The number of hydrogen-bond acceptors (Lipinski definition) is 4. The number of aryl methyl sites for hydroxylation is 1. The van der Waals surface area contributed by atoms with E-state index in [2.05, 4.69) is 48.7 Å². The van der Waals surface area contributed by atoms with E-state index in [1.165, 1.54) is 20.9 Å². The molecule has 0 spiro atoms. The van der Waals surface area contributed by atoms with E-state index in [1.54, 1.807) is 0 Å². The van der Waals surface area contributed by atoms with Gasteiger partial charge in [0.05, 0.1) is 18.8 Å². The normalized spacial score (nSPS) is 19.2. The lowest BCUT2D eigenvalue weighted by molar-refractivity contribution is 0.0156. The Morgan fingerprint density at radius 3 is 2.86 bits per heavy atom. The third-order valence-electron chi connectivity index (χ3n) is 4.10. The van der Waals surface area contributed by atoms with Crippen LogP contribution in [0.3, 0.4) is 0 Å². The molecule has 3 N–H and O–H groups in total. The van der Waals surface area contributed by atoms with Gasteiger partial charge in [-0.15, -0.1) is 11.3 Å². The maximum absolute atomic E-state index is 6.02.